The lowest BCUT2D eigenvalue weighted by Crippen LogP contribution is -3.12. The van der Waals surface area contributed by atoms with Gasteiger partial charge in [-0.25, -0.2) is 9.88 Å². The average molecular weight is 392 g/mol. The Balaban J connectivity index is 0. The van der Waals surface area contributed by atoms with Crippen molar-refractivity contribution in [3.05, 3.63) is 59.3 Å². The fourth-order valence-corrected chi connectivity index (χ4v) is 3.65. The van der Waals surface area contributed by atoms with Gasteiger partial charge in [-0.05, 0) is 17.7 Å². The first-order chi connectivity index (χ1) is 9.83. The highest BCUT2D eigenvalue weighted by Crippen LogP contribution is 2.34. The second-order valence-corrected chi connectivity index (χ2v) is 6.04. The molecule has 25 heavy (non-hydrogen) atoms. The number of aromatic nitrogens is 1. The highest BCUT2D eigenvalue weighted by Gasteiger charge is 2.40. The van der Waals surface area contributed by atoms with E-state index in [2.05, 4.69) is 59.5 Å². The summed E-state index contributed by atoms with van der Waals surface area (Å²) in [4.78, 5) is 7.70. The molecule has 0 aliphatic carbocycles. The van der Waals surface area contributed by atoms with Crippen LogP contribution in [-0.4, -0.2) is 43.1 Å². The van der Waals surface area contributed by atoms with Crippen LogP contribution in [0.15, 0.2) is 42.6 Å². The number of fused-ring (bicyclic) bond motifs is 5. The lowest BCUT2D eigenvalue weighted by atomic mass is 9.96. The Hall–Kier alpha value is -1.41. The number of halogens is 2. The number of quaternary nitrogens is 1. The van der Waals surface area contributed by atoms with Crippen LogP contribution in [0.25, 0.3) is 0 Å². The minimum atomic E-state index is 0. The largest absolute Gasteiger partial charge is 1.00 e. The molecule has 8 heteroatoms. The predicted molar refractivity (Wildman–Crippen MR) is 89.8 cm³/mol. The third kappa shape index (κ3) is 4.61. The van der Waals surface area contributed by atoms with Crippen molar-refractivity contribution in [1.82, 2.24) is 0 Å². The van der Waals surface area contributed by atoms with Gasteiger partial charge in [-0.2, -0.15) is 0 Å². The van der Waals surface area contributed by atoms with Crippen molar-refractivity contribution in [2.24, 2.45) is 0 Å². The predicted octanol–water partition coefficient (Wildman–Crippen LogP) is -7.99. The average Bonchev–Trinajstić information content (AvgIpc) is 2.61. The quantitative estimate of drug-likeness (QED) is 0.471. The summed E-state index contributed by atoms with van der Waals surface area (Å²) in [5.41, 5.74) is 4.41. The summed E-state index contributed by atoms with van der Waals surface area (Å²) in [6.07, 6.45) is 3.09. The number of hydrogen-bond acceptors (Lipinski definition) is 1. The van der Waals surface area contributed by atoms with Gasteiger partial charge in [0, 0.05) is 17.5 Å². The molecule has 1 aromatic carbocycles. The van der Waals surface area contributed by atoms with E-state index in [4.69, 9.17) is 0 Å². The first-order valence-corrected chi connectivity index (χ1v) is 7.48. The number of piperazine rings is 1. The standard InChI is InChI=1S/C17H19N3.2ClH.3H2O/c1-19-9-10-20-16(12-19)15-7-3-2-5-13(15)11-14-6-4-8-18-17(14)20;;;;;/h2-8,16H,9-12H2,1H3;2*1H;3*1H2/t16-;;;;;/m1...../s1. The molecular weight excluding hydrogens is 365 g/mol. The summed E-state index contributed by atoms with van der Waals surface area (Å²) >= 11 is 0. The van der Waals surface area contributed by atoms with E-state index in [0.29, 0.717) is 6.04 Å². The molecule has 0 bridgehead atoms. The van der Waals surface area contributed by atoms with Crippen LogP contribution in [0.1, 0.15) is 22.7 Å². The van der Waals surface area contributed by atoms with Gasteiger partial charge in [0.1, 0.15) is 19.6 Å². The van der Waals surface area contributed by atoms with E-state index in [9.17, 15) is 0 Å². The zero-order valence-corrected chi connectivity index (χ0v) is 15.7. The molecule has 1 fully saturated rings. The van der Waals surface area contributed by atoms with Gasteiger partial charge in [-0.3, -0.25) is 0 Å². The van der Waals surface area contributed by atoms with Crippen molar-refractivity contribution in [2.45, 2.75) is 12.5 Å². The van der Waals surface area contributed by atoms with Crippen LogP contribution in [0.4, 0.5) is 5.82 Å². The van der Waals surface area contributed by atoms with Crippen molar-refractivity contribution in [3.63, 3.8) is 0 Å². The SMILES string of the molecule is C[NH+]1CCN2c3[nH+]cccc3Cc3ccccc3[C@H]2C1.O.O.O.[Cl-].[Cl-]. The third-order valence-electron chi connectivity index (χ3n) is 4.70. The van der Waals surface area contributed by atoms with Crippen LogP contribution in [0.3, 0.4) is 0 Å². The monoisotopic (exact) mass is 391 g/mol. The van der Waals surface area contributed by atoms with Crippen molar-refractivity contribution >= 4 is 5.82 Å². The number of nitrogens with zero attached hydrogens (tertiary/aromatic N) is 1. The number of H-pyrrole nitrogens is 1. The van der Waals surface area contributed by atoms with Gasteiger partial charge in [0.15, 0.2) is 6.04 Å². The van der Waals surface area contributed by atoms with Crippen LogP contribution in [0.5, 0.6) is 0 Å². The minimum Gasteiger partial charge on any atom is -1.00 e. The molecule has 0 saturated carbocycles. The molecule has 0 radical (unpaired) electrons. The van der Waals surface area contributed by atoms with E-state index in [1.807, 2.05) is 0 Å². The highest BCUT2D eigenvalue weighted by atomic mass is 35.5. The normalized spacial score (nSPS) is 19.5. The Kier molecular flexibility index (Phi) is 10.9. The lowest BCUT2D eigenvalue weighted by Gasteiger charge is -2.33. The number of rotatable bonds is 0. The molecule has 2 aliphatic rings. The molecule has 4 rings (SSSR count). The number of anilines is 1. The number of hydrogen-bond donors (Lipinski definition) is 1. The van der Waals surface area contributed by atoms with Crippen molar-refractivity contribution < 1.29 is 51.1 Å². The minimum absolute atomic E-state index is 0. The molecule has 0 spiro atoms. The summed E-state index contributed by atoms with van der Waals surface area (Å²) in [5, 5.41) is 0. The topological polar surface area (TPSA) is 116 Å². The van der Waals surface area contributed by atoms with E-state index < -0.39 is 0 Å². The molecule has 6 nitrogen and oxygen atoms in total. The summed E-state index contributed by atoms with van der Waals surface area (Å²) < 4.78 is 0. The molecule has 2 atom stereocenters. The lowest BCUT2D eigenvalue weighted by molar-refractivity contribution is -0.883. The molecule has 3 heterocycles. The Morgan fingerprint density at radius 2 is 1.68 bits per heavy atom. The zero-order chi connectivity index (χ0) is 13.5. The van der Waals surface area contributed by atoms with Gasteiger partial charge in [0.2, 0.25) is 0 Å². The summed E-state index contributed by atoms with van der Waals surface area (Å²) in [6.45, 7) is 3.51. The molecule has 2 aromatic rings. The Morgan fingerprint density at radius 1 is 1.00 bits per heavy atom. The van der Waals surface area contributed by atoms with E-state index >= 15 is 0 Å². The number of aromatic amines is 1. The second-order valence-electron chi connectivity index (χ2n) is 6.04. The number of nitrogens with one attached hydrogen (secondary N) is 2. The maximum atomic E-state index is 3.49. The fraction of sp³-hybridized carbons (Fsp3) is 0.353. The number of pyridine rings is 1. The number of likely N-dealkylation sites (N-methyl/N-ethyl adjacent to an activating group) is 1. The van der Waals surface area contributed by atoms with Gasteiger partial charge in [0.25, 0.3) is 5.82 Å². The van der Waals surface area contributed by atoms with Gasteiger partial charge in [0.05, 0.1) is 13.2 Å². The van der Waals surface area contributed by atoms with Gasteiger partial charge in [-0.1, -0.05) is 24.3 Å². The smallest absolute Gasteiger partial charge is 0.278 e. The van der Waals surface area contributed by atoms with Gasteiger partial charge >= 0.3 is 0 Å². The molecule has 142 valence electrons. The highest BCUT2D eigenvalue weighted by molar-refractivity contribution is 5.52. The molecule has 0 amide bonds. The maximum Gasteiger partial charge on any atom is 0.278 e. The maximum absolute atomic E-state index is 3.49. The zero-order valence-electron chi connectivity index (χ0n) is 14.2. The van der Waals surface area contributed by atoms with Crippen LogP contribution >= 0.6 is 0 Å². The second kappa shape index (κ2) is 10.6. The van der Waals surface area contributed by atoms with E-state index in [1.165, 1.54) is 35.6 Å². The molecular formula is C17H27Cl2N3O3. The molecule has 2 aliphatic heterocycles. The summed E-state index contributed by atoms with van der Waals surface area (Å²) in [6, 6.07) is 13.8. The van der Waals surface area contributed by atoms with E-state index in [1.54, 1.807) is 4.90 Å². The van der Waals surface area contributed by atoms with Crippen molar-refractivity contribution in [3.8, 4) is 0 Å². The molecule has 1 unspecified atom stereocenters. The summed E-state index contributed by atoms with van der Waals surface area (Å²) in [5.74, 6) is 1.32. The summed E-state index contributed by atoms with van der Waals surface area (Å²) in [7, 11) is 2.31. The molecule has 1 aromatic heterocycles. The van der Waals surface area contributed by atoms with E-state index in [0.717, 1.165) is 13.0 Å². The van der Waals surface area contributed by atoms with Crippen molar-refractivity contribution in [2.75, 3.05) is 31.6 Å². The Morgan fingerprint density at radius 3 is 2.44 bits per heavy atom. The first-order valence-electron chi connectivity index (χ1n) is 7.48. The number of benzene rings is 1. The van der Waals surface area contributed by atoms with Crippen LogP contribution in [0, 0.1) is 0 Å². The third-order valence-corrected chi connectivity index (χ3v) is 4.70. The first kappa shape index (κ1) is 25.8. The Bertz CT molecular complexity index is 661. The molecule has 1 saturated heterocycles. The van der Waals surface area contributed by atoms with Crippen LogP contribution in [-0.2, 0) is 6.42 Å². The Labute approximate surface area is 160 Å². The fourth-order valence-electron chi connectivity index (χ4n) is 3.65. The van der Waals surface area contributed by atoms with Crippen LogP contribution in [0.2, 0.25) is 0 Å². The molecule has 8 N–H and O–H groups in total. The van der Waals surface area contributed by atoms with Gasteiger partial charge in [-0.15, -0.1) is 0 Å². The van der Waals surface area contributed by atoms with Gasteiger partial charge < -0.3 is 46.1 Å². The van der Waals surface area contributed by atoms with Crippen LogP contribution < -0.4 is 39.6 Å². The van der Waals surface area contributed by atoms with E-state index in [-0.39, 0.29) is 41.2 Å². The van der Waals surface area contributed by atoms with Crippen molar-refractivity contribution in [1.29, 1.82) is 0 Å².